The van der Waals surface area contributed by atoms with Crippen molar-refractivity contribution < 1.29 is 0 Å². The Bertz CT molecular complexity index is 1040. The summed E-state index contributed by atoms with van der Waals surface area (Å²) in [5.41, 5.74) is 1.85. The van der Waals surface area contributed by atoms with Crippen LogP contribution < -0.4 is 0 Å². The van der Waals surface area contributed by atoms with E-state index in [0.29, 0.717) is 18.1 Å². The van der Waals surface area contributed by atoms with Crippen LogP contribution in [-0.2, 0) is 0 Å². The zero-order chi connectivity index (χ0) is 23.6. The average molecular weight is 481 g/mol. The second kappa shape index (κ2) is 8.35. The first kappa shape index (κ1) is 22.6. The molecule has 2 bridgehead atoms. The number of aliphatic imine (C=N–C) groups is 1. The highest BCUT2D eigenvalue weighted by Gasteiger charge is 2.54. The number of likely N-dealkylation sites (tertiary alicyclic amines) is 2. The molecule has 3 saturated heterocycles. The van der Waals surface area contributed by atoms with Gasteiger partial charge in [-0.2, -0.15) is 0 Å². The number of halogens is 1. The number of piperazine rings is 1. The Morgan fingerprint density at radius 2 is 1.82 bits per heavy atom. The molecule has 0 N–H and O–H groups in total. The van der Waals surface area contributed by atoms with Gasteiger partial charge < -0.3 is 4.90 Å². The van der Waals surface area contributed by atoms with Crippen LogP contribution in [0.2, 0.25) is 0 Å². The number of allylic oxidation sites excluding steroid dienone is 2. The van der Waals surface area contributed by atoms with Crippen molar-refractivity contribution in [2.45, 2.75) is 81.2 Å². The van der Waals surface area contributed by atoms with Gasteiger partial charge >= 0.3 is 0 Å². The standard InChI is InChI=1S/C27H37ClN6/c1-18-8-7-15-29-25(18)21-9-5-10-22(32(21)4)27(2)26(28)34-23(30-27)11-6-12-24(34)33-16-19-13-14-20(17-33)31(19)3/h6-8,11-12,15,19-22,26H,5,9-10,13-14,16-17H2,1-4H3/t19?,20?,21-,22+,26?,27-/m0/s1. The van der Waals surface area contributed by atoms with Gasteiger partial charge in [0.25, 0.3) is 0 Å². The Hall–Kier alpha value is -1.89. The van der Waals surface area contributed by atoms with Gasteiger partial charge in [0.2, 0.25) is 0 Å². The number of rotatable bonds is 3. The lowest BCUT2D eigenvalue weighted by Gasteiger charge is -2.49. The zero-order valence-electron chi connectivity index (χ0n) is 20.9. The minimum absolute atomic E-state index is 0.216. The summed E-state index contributed by atoms with van der Waals surface area (Å²) in [4.78, 5) is 20.1. The molecule has 0 spiro atoms. The van der Waals surface area contributed by atoms with Crippen molar-refractivity contribution in [1.82, 2.24) is 24.6 Å². The SMILES string of the molecule is Cc1cccnc1[C@@H]1CCC[C@H]([C@]2(C)N=C3C=CC=C(N4CC5CCC(C4)N5C)N3C2Cl)N1C. The molecule has 0 radical (unpaired) electrons. The molecule has 6 heterocycles. The molecule has 3 fully saturated rings. The van der Waals surface area contributed by atoms with Gasteiger partial charge in [0.05, 0.1) is 11.7 Å². The molecule has 6 atom stereocenters. The molecule has 7 heteroatoms. The summed E-state index contributed by atoms with van der Waals surface area (Å²) in [5.74, 6) is 2.24. The monoisotopic (exact) mass is 480 g/mol. The van der Waals surface area contributed by atoms with Crippen molar-refractivity contribution in [2.24, 2.45) is 4.99 Å². The molecule has 6 nitrogen and oxygen atoms in total. The maximum absolute atomic E-state index is 7.40. The molecule has 5 aliphatic heterocycles. The number of aryl methyl sites for hydroxylation is 1. The normalized spacial score (nSPS) is 38.2. The molecule has 6 rings (SSSR count). The number of nitrogens with zero attached hydrogens (tertiary/aromatic N) is 6. The molecule has 182 valence electrons. The van der Waals surface area contributed by atoms with Crippen LogP contribution in [-0.4, -0.2) is 86.8 Å². The van der Waals surface area contributed by atoms with Crippen LogP contribution in [0.3, 0.4) is 0 Å². The van der Waals surface area contributed by atoms with Crippen molar-refractivity contribution in [2.75, 3.05) is 27.2 Å². The number of likely N-dealkylation sites (N-methyl/N-ethyl adjacent to an activating group) is 2. The topological polar surface area (TPSA) is 38.2 Å². The van der Waals surface area contributed by atoms with Crippen LogP contribution in [0.15, 0.2) is 47.4 Å². The number of piperidine rings is 1. The van der Waals surface area contributed by atoms with Crippen molar-refractivity contribution in [3.8, 4) is 0 Å². The first-order valence-electron chi connectivity index (χ1n) is 12.9. The number of amidine groups is 1. The molecule has 1 aromatic rings. The van der Waals surface area contributed by atoms with Crippen molar-refractivity contribution >= 4 is 17.4 Å². The van der Waals surface area contributed by atoms with E-state index in [2.05, 4.69) is 71.8 Å². The van der Waals surface area contributed by atoms with E-state index in [1.807, 2.05) is 12.3 Å². The summed E-state index contributed by atoms with van der Waals surface area (Å²) >= 11 is 7.40. The number of hydrogen-bond donors (Lipinski definition) is 0. The van der Waals surface area contributed by atoms with E-state index in [-0.39, 0.29) is 11.5 Å². The maximum Gasteiger partial charge on any atom is 0.138 e. The fourth-order valence-corrected chi connectivity index (χ4v) is 7.58. The minimum Gasteiger partial charge on any atom is -0.355 e. The van der Waals surface area contributed by atoms with Gasteiger partial charge in [-0.3, -0.25) is 24.7 Å². The lowest BCUT2D eigenvalue weighted by molar-refractivity contribution is 0.0496. The van der Waals surface area contributed by atoms with Crippen molar-refractivity contribution in [3.63, 3.8) is 0 Å². The van der Waals surface area contributed by atoms with Gasteiger partial charge in [-0.15, -0.1) is 0 Å². The number of aromatic nitrogens is 1. The molecular formula is C27H37ClN6. The lowest BCUT2D eigenvalue weighted by Crippen LogP contribution is -2.59. The van der Waals surface area contributed by atoms with Crippen LogP contribution >= 0.6 is 11.6 Å². The summed E-state index contributed by atoms with van der Waals surface area (Å²) in [6.45, 7) is 6.58. The third-order valence-electron chi connectivity index (χ3n) is 9.20. The van der Waals surface area contributed by atoms with Gasteiger partial charge in [0.15, 0.2) is 0 Å². The summed E-state index contributed by atoms with van der Waals surface area (Å²) in [7, 11) is 4.54. The van der Waals surface area contributed by atoms with Gasteiger partial charge in [-0.25, -0.2) is 0 Å². The number of alkyl halides is 1. The summed E-state index contributed by atoms with van der Waals surface area (Å²) < 4.78 is 0. The molecule has 0 aromatic carbocycles. The second-order valence-corrected chi connectivity index (χ2v) is 11.5. The molecular weight excluding hydrogens is 444 g/mol. The summed E-state index contributed by atoms with van der Waals surface area (Å²) in [6, 6.07) is 6.04. The Balaban J connectivity index is 1.28. The molecule has 5 aliphatic rings. The van der Waals surface area contributed by atoms with E-state index in [1.54, 1.807) is 0 Å². The molecule has 0 aliphatic carbocycles. The highest BCUT2D eigenvalue weighted by Crippen LogP contribution is 2.46. The summed E-state index contributed by atoms with van der Waals surface area (Å²) in [5, 5.41) is 0. The van der Waals surface area contributed by atoms with Crippen LogP contribution in [0, 0.1) is 6.92 Å². The Morgan fingerprint density at radius 1 is 1.06 bits per heavy atom. The molecule has 3 unspecified atom stereocenters. The molecule has 1 aromatic heterocycles. The van der Waals surface area contributed by atoms with Gasteiger partial charge in [0.1, 0.15) is 22.7 Å². The number of fused-ring (bicyclic) bond motifs is 3. The van der Waals surface area contributed by atoms with E-state index in [1.165, 1.54) is 36.3 Å². The predicted octanol–water partition coefficient (Wildman–Crippen LogP) is 4.14. The average Bonchev–Trinajstić information content (AvgIpc) is 3.19. The van der Waals surface area contributed by atoms with Gasteiger partial charge in [-0.1, -0.05) is 23.7 Å². The Morgan fingerprint density at radius 3 is 2.56 bits per heavy atom. The van der Waals surface area contributed by atoms with E-state index in [4.69, 9.17) is 21.6 Å². The first-order valence-corrected chi connectivity index (χ1v) is 13.3. The smallest absolute Gasteiger partial charge is 0.138 e. The second-order valence-electron chi connectivity index (χ2n) is 11.1. The Labute approximate surface area is 209 Å². The minimum atomic E-state index is -0.397. The lowest BCUT2D eigenvalue weighted by atomic mass is 9.82. The molecule has 34 heavy (non-hydrogen) atoms. The Kier molecular flexibility index (Phi) is 5.54. The largest absolute Gasteiger partial charge is 0.355 e. The zero-order valence-corrected chi connectivity index (χ0v) is 21.6. The highest BCUT2D eigenvalue weighted by molar-refractivity contribution is 6.24. The summed E-state index contributed by atoms with van der Waals surface area (Å²) in [6.07, 6.45) is 14.5. The maximum atomic E-state index is 7.40. The van der Waals surface area contributed by atoms with E-state index in [0.717, 1.165) is 31.8 Å². The first-order chi connectivity index (χ1) is 16.4. The molecule has 0 amide bonds. The van der Waals surface area contributed by atoms with E-state index < -0.39 is 5.54 Å². The quantitative estimate of drug-likeness (QED) is 0.480. The van der Waals surface area contributed by atoms with Crippen LogP contribution in [0.25, 0.3) is 0 Å². The van der Waals surface area contributed by atoms with Gasteiger partial charge in [-0.05, 0) is 83.8 Å². The van der Waals surface area contributed by atoms with Gasteiger partial charge in [0, 0.05) is 37.4 Å². The molecule has 0 saturated carbocycles. The van der Waals surface area contributed by atoms with E-state index >= 15 is 0 Å². The van der Waals surface area contributed by atoms with Crippen molar-refractivity contribution in [3.05, 3.63) is 53.6 Å². The van der Waals surface area contributed by atoms with Crippen molar-refractivity contribution in [1.29, 1.82) is 0 Å². The number of hydrogen-bond acceptors (Lipinski definition) is 6. The van der Waals surface area contributed by atoms with E-state index in [9.17, 15) is 0 Å². The third kappa shape index (κ3) is 3.36. The fourth-order valence-electron chi connectivity index (χ4n) is 7.18. The highest BCUT2D eigenvalue weighted by atomic mass is 35.5. The third-order valence-corrected chi connectivity index (χ3v) is 9.84. The van der Waals surface area contributed by atoms with Crippen LogP contribution in [0.5, 0.6) is 0 Å². The van der Waals surface area contributed by atoms with Crippen LogP contribution in [0.4, 0.5) is 0 Å². The predicted molar refractivity (Wildman–Crippen MR) is 138 cm³/mol. The van der Waals surface area contributed by atoms with Crippen LogP contribution in [0.1, 0.15) is 56.3 Å². The number of pyridine rings is 1. The fraction of sp³-hybridized carbons (Fsp3) is 0.630.